The molecule has 0 fully saturated rings. The van der Waals surface area contributed by atoms with Gasteiger partial charge in [0.1, 0.15) is 30.3 Å². The van der Waals surface area contributed by atoms with Gasteiger partial charge in [-0.3, -0.25) is 4.79 Å². The predicted octanol–water partition coefficient (Wildman–Crippen LogP) is 10.0. The summed E-state index contributed by atoms with van der Waals surface area (Å²) in [6.07, 6.45) is -0.318. The lowest BCUT2D eigenvalue weighted by atomic mass is 9.89. The molecule has 0 aliphatic carbocycles. The molecule has 4 aromatic rings. The predicted molar refractivity (Wildman–Crippen MR) is 213 cm³/mol. The minimum atomic E-state index is -2.46. The number of rotatable bonds is 17. The molecular weight excluding hydrogens is 683 g/mol. The second-order valence-electron chi connectivity index (χ2n) is 16.2. The van der Waals surface area contributed by atoms with Crippen LogP contribution < -0.4 is 14.8 Å². The minimum Gasteiger partial charge on any atom is -0.489 e. The Kier molecular flexibility index (Phi) is 14.3. The van der Waals surface area contributed by atoms with Gasteiger partial charge < -0.3 is 29.1 Å². The van der Waals surface area contributed by atoms with E-state index in [4.69, 9.17) is 18.6 Å². The van der Waals surface area contributed by atoms with Crippen LogP contribution in [-0.2, 0) is 40.0 Å². The second-order valence-corrected chi connectivity index (χ2v) is 20.9. The standard InChI is InChI=1S/C44H57NO7Si/c1-43(2,3)51-42(48)45-39(28-33-21-25-38(26-22-33)50-31-35-17-13-10-14-18-35)40(52-53(7,8)44(4,5)6)29-36(41(46)47)27-32-19-23-37(24-20-32)49-30-34-15-11-9-12-16-34/h9-26,36,39-40H,27-31H2,1-8H3,(H,45,48)(H,46,47)/t36-,39+,40+/m1/s1. The molecule has 0 heterocycles. The van der Waals surface area contributed by atoms with Crippen LogP contribution in [0, 0.1) is 5.92 Å². The summed E-state index contributed by atoms with van der Waals surface area (Å²) in [4.78, 5) is 26.3. The lowest BCUT2D eigenvalue weighted by Crippen LogP contribution is -2.54. The summed E-state index contributed by atoms with van der Waals surface area (Å²) in [6.45, 7) is 17.1. The number of hydrogen-bond acceptors (Lipinski definition) is 6. The van der Waals surface area contributed by atoms with Crippen molar-refractivity contribution in [3.63, 3.8) is 0 Å². The Bertz CT molecular complexity index is 1710. The maximum atomic E-state index is 13.4. The number of carbonyl (C=O) groups is 2. The van der Waals surface area contributed by atoms with Crippen LogP contribution in [0.1, 0.15) is 70.2 Å². The summed E-state index contributed by atoms with van der Waals surface area (Å²) in [5, 5.41) is 13.5. The minimum absolute atomic E-state index is 0.159. The average molecular weight is 740 g/mol. The quantitative estimate of drug-likeness (QED) is 0.104. The maximum absolute atomic E-state index is 13.4. The fourth-order valence-corrected chi connectivity index (χ4v) is 6.97. The molecule has 1 amide bonds. The number of carboxylic acid groups (broad SMARTS) is 1. The van der Waals surface area contributed by atoms with E-state index in [1.54, 1.807) is 0 Å². The first kappa shape index (κ1) is 41.2. The van der Waals surface area contributed by atoms with E-state index in [0.717, 1.165) is 28.0 Å². The van der Waals surface area contributed by atoms with Crippen molar-refractivity contribution in [2.24, 2.45) is 5.92 Å². The van der Waals surface area contributed by atoms with Gasteiger partial charge in [0.25, 0.3) is 0 Å². The Hall–Kier alpha value is -4.60. The largest absolute Gasteiger partial charge is 0.489 e. The van der Waals surface area contributed by atoms with Crippen molar-refractivity contribution in [1.29, 1.82) is 0 Å². The Labute approximate surface area is 317 Å². The Morgan fingerprint density at radius 3 is 1.53 bits per heavy atom. The SMILES string of the molecule is CC(C)(C)OC(=O)N[C@@H](Cc1ccc(OCc2ccccc2)cc1)[C@H](C[C@@H](Cc1ccc(OCc2ccccc2)cc1)C(=O)O)O[Si](C)(C)C(C)(C)C. The molecule has 4 aromatic carbocycles. The van der Waals surface area contributed by atoms with E-state index >= 15 is 0 Å². The summed E-state index contributed by atoms with van der Waals surface area (Å²) in [5.74, 6) is -0.265. The van der Waals surface area contributed by atoms with Crippen molar-refractivity contribution >= 4 is 20.4 Å². The van der Waals surface area contributed by atoms with Gasteiger partial charge in [-0.2, -0.15) is 0 Å². The fourth-order valence-electron chi connectivity index (χ4n) is 5.60. The smallest absolute Gasteiger partial charge is 0.407 e. The molecule has 0 aliphatic heterocycles. The second kappa shape index (κ2) is 18.4. The summed E-state index contributed by atoms with van der Waals surface area (Å²) >= 11 is 0. The molecule has 0 saturated carbocycles. The summed E-state index contributed by atoms with van der Waals surface area (Å²) in [6, 6.07) is 34.7. The van der Waals surface area contributed by atoms with Crippen molar-refractivity contribution in [3.05, 3.63) is 131 Å². The van der Waals surface area contributed by atoms with Crippen LogP contribution in [0.15, 0.2) is 109 Å². The lowest BCUT2D eigenvalue weighted by Gasteiger charge is -2.42. The first-order chi connectivity index (χ1) is 25.0. The van der Waals surface area contributed by atoms with E-state index < -0.39 is 44.0 Å². The zero-order chi connectivity index (χ0) is 38.6. The monoisotopic (exact) mass is 739 g/mol. The van der Waals surface area contributed by atoms with Gasteiger partial charge in [0.05, 0.1) is 18.1 Å². The number of benzene rings is 4. The Balaban J connectivity index is 1.58. The lowest BCUT2D eigenvalue weighted by molar-refractivity contribution is -0.142. The number of carbonyl (C=O) groups excluding carboxylic acids is 1. The van der Waals surface area contributed by atoms with E-state index in [-0.39, 0.29) is 17.9 Å². The van der Waals surface area contributed by atoms with Gasteiger partial charge in [-0.1, -0.05) is 106 Å². The van der Waals surface area contributed by atoms with Gasteiger partial charge in [0, 0.05) is 0 Å². The normalized spacial score (nSPS) is 13.7. The first-order valence-corrected chi connectivity index (χ1v) is 21.3. The zero-order valence-corrected chi connectivity index (χ0v) is 33.6. The van der Waals surface area contributed by atoms with Crippen LogP contribution in [-0.4, -0.2) is 43.2 Å². The van der Waals surface area contributed by atoms with Gasteiger partial charge in [-0.05, 0) is 105 Å². The molecule has 284 valence electrons. The molecule has 0 aromatic heterocycles. The molecule has 2 N–H and O–H groups in total. The van der Waals surface area contributed by atoms with Crippen LogP contribution in [0.4, 0.5) is 4.79 Å². The highest BCUT2D eigenvalue weighted by atomic mass is 28.4. The third-order valence-corrected chi connectivity index (χ3v) is 14.1. The molecular formula is C44H57NO7Si. The number of ether oxygens (including phenoxy) is 3. The van der Waals surface area contributed by atoms with Gasteiger partial charge in [-0.25, -0.2) is 4.79 Å². The molecule has 0 spiro atoms. The summed E-state index contributed by atoms with van der Waals surface area (Å²) in [7, 11) is -2.46. The van der Waals surface area contributed by atoms with Crippen molar-refractivity contribution < 1.29 is 33.3 Å². The van der Waals surface area contributed by atoms with Crippen LogP contribution in [0.5, 0.6) is 11.5 Å². The number of nitrogens with one attached hydrogen (secondary N) is 1. The van der Waals surface area contributed by atoms with Gasteiger partial charge in [0.2, 0.25) is 0 Å². The van der Waals surface area contributed by atoms with E-state index in [9.17, 15) is 14.7 Å². The van der Waals surface area contributed by atoms with E-state index in [2.05, 4.69) is 39.2 Å². The summed E-state index contributed by atoms with van der Waals surface area (Å²) in [5.41, 5.74) is 3.24. The number of carboxylic acids is 1. The van der Waals surface area contributed by atoms with E-state index in [1.165, 1.54) is 0 Å². The Morgan fingerprint density at radius 2 is 1.11 bits per heavy atom. The van der Waals surface area contributed by atoms with E-state index in [1.807, 2.05) is 130 Å². The fraction of sp³-hybridized carbons (Fsp3) is 0.409. The molecule has 3 atom stereocenters. The molecule has 9 heteroatoms. The van der Waals surface area contributed by atoms with Crippen molar-refractivity contribution in [3.8, 4) is 11.5 Å². The molecule has 53 heavy (non-hydrogen) atoms. The van der Waals surface area contributed by atoms with E-state index in [0.29, 0.717) is 25.4 Å². The first-order valence-electron chi connectivity index (χ1n) is 18.4. The van der Waals surface area contributed by atoms with Crippen LogP contribution in [0.25, 0.3) is 0 Å². The third kappa shape index (κ3) is 13.7. The number of hydrogen-bond donors (Lipinski definition) is 2. The highest BCUT2D eigenvalue weighted by Crippen LogP contribution is 2.39. The topological polar surface area (TPSA) is 103 Å². The van der Waals surface area contributed by atoms with Crippen LogP contribution in [0.2, 0.25) is 18.1 Å². The van der Waals surface area contributed by atoms with Crippen LogP contribution in [0.3, 0.4) is 0 Å². The summed E-state index contributed by atoms with van der Waals surface area (Å²) < 4.78 is 24.7. The molecule has 0 radical (unpaired) electrons. The van der Waals surface area contributed by atoms with Crippen molar-refractivity contribution in [2.75, 3.05) is 0 Å². The molecule has 8 nitrogen and oxygen atoms in total. The van der Waals surface area contributed by atoms with Crippen molar-refractivity contribution in [1.82, 2.24) is 5.32 Å². The molecule has 4 rings (SSSR count). The molecule has 0 bridgehead atoms. The number of aliphatic carboxylic acids is 1. The van der Waals surface area contributed by atoms with Gasteiger partial charge in [0.15, 0.2) is 8.32 Å². The average Bonchev–Trinajstić information content (AvgIpc) is 3.09. The van der Waals surface area contributed by atoms with Gasteiger partial charge in [-0.15, -0.1) is 0 Å². The molecule has 0 unspecified atom stereocenters. The molecule has 0 saturated heterocycles. The highest BCUT2D eigenvalue weighted by molar-refractivity contribution is 6.74. The molecule has 0 aliphatic rings. The third-order valence-electron chi connectivity index (χ3n) is 9.55. The van der Waals surface area contributed by atoms with Crippen LogP contribution >= 0.6 is 0 Å². The number of alkyl carbamates (subject to hydrolysis) is 1. The van der Waals surface area contributed by atoms with Crippen molar-refractivity contribution in [2.45, 2.75) is 110 Å². The maximum Gasteiger partial charge on any atom is 0.407 e. The highest BCUT2D eigenvalue weighted by Gasteiger charge is 2.42. The Morgan fingerprint density at radius 1 is 0.660 bits per heavy atom. The zero-order valence-electron chi connectivity index (χ0n) is 32.6. The van der Waals surface area contributed by atoms with Gasteiger partial charge >= 0.3 is 12.1 Å². The number of amides is 1.